The van der Waals surface area contributed by atoms with Gasteiger partial charge in [0.1, 0.15) is 12.4 Å². The fourth-order valence-corrected chi connectivity index (χ4v) is 1.62. The first-order valence-corrected chi connectivity index (χ1v) is 5.77. The highest BCUT2D eigenvalue weighted by atomic mass is 19.2. The lowest BCUT2D eigenvalue weighted by Gasteiger charge is -2.07. The minimum Gasteiger partial charge on any atom is -0.384 e. The molecule has 0 unspecified atom stereocenters. The summed E-state index contributed by atoms with van der Waals surface area (Å²) in [6.45, 7) is 2.51. The van der Waals surface area contributed by atoms with Gasteiger partial charge in [-0.05, 0) is 19.1 Å². The zero-order valence-electron chi connectivity index (χ0n) is 10.4. The summed E-state index contributed by atoms with van der Waals surface area (Å²) in [6, 6.07) is 5.29. The molecule has 2 rings (SSSR count). The van der Waals surface area contributed by atoms with Crippen LogP contribution in [0.3, 0.4) is 0 Å². The van der Waals surface area contributed by atoms with Crippen molar-refractivity contribution in [3.8, 4) is 11.3 Å². The van der Waals surface area contributed by atoms with Crippen LogP contribution >= 0.6 is 0 Å². The largest absolute Gasteiger partial charge is 0.384 e. The lowest BCUT2D eigenvalue weighted by Crippen LogP contribution is -2.04. The number of ether oxygens (including phenoxy) is 1. The van der Waals surface area contributed by atoms with Gasteiger partial charge in [-0.15, -0.1) is 0 Å². The number of benzene rings is 1. The van der Waals surface area contributed by atoms with E-state index in [-0.39, 0.29) is 23.7 Å². The Labute approximate surface area is 109 Å². The van der Waals surface area contributed by atoms with Gasteiger partial charge in [-0.1, -0.05) is 6.07 Å². The predicted octanol–water partition coefficient (Wildman–Crippen LogP) is 2.54. The number of anilines is 1. The molecule has 0 atom stereocenters. The van der Waals surface area contributed by atoms with Crippen LogP contribution in [0, 0.1) is 11.6 Å². The summed E-state index contributed by atoms with van der Waals surface area (Å²) >= 11 is 0. The zero-order chi connectivity index (χ0) is 13.8. The summed E-state index contributed by atoms with van der Waals surface area (Å²) in [5.41, 5.74) is 5.92. The van der Waals surface area contributed by atoms with E-state index in [1.807, 2.05) is 6.92 Å². The number of rotatable bonds is 4. The third-order valence-corrected chi connectivity index (χ3v) is 2.46. The second-order valence-corrected chi connectivity index (χ2v) is 3.83. The molecule has 100 valence electrons. The first kappa shape index (κ1) is 13.4. The Morgan fingerprint density at radius 3 is 2.79 bits per heavy atom. The molecule has 0 bridgehead atoms. The lowest BCUT2D eigenvalue weighted by molar-refractivity contribution is 0.128. The Kier molecular flexibility index (Phi) is 4.01. The molecule has 0 aliphatic rings. The highest BCUT2D eigenvalue weighted by Crippen LogP contribution is 2.23. The Balaban J connectivity index is 2.44. The molecule has 2 N–H and O–H groups in total. The second-order valence-electron chi connectivity index (χ2n) is 3.83. The van der Waals surface area contributed by atoms with Crippen LogP contribution in [0.25, 0.3) is 11.3 Å². The van der Waals surface area contributed by atoms with Gasteiger partial charge in [0.15, 0.2) is 17.5 Å². The third kappa shape index (κ3) is 3.03. The number of nitrogen functional groups attached to an aromatic ring is 1. The monoisotopic (exact) mass is 265 g/mol. The number of hydrogen-bond acceptors (Lipinski definition) is 4. The SMILES string of the molecule is CCOCc1nc(N)cc(-c2cccc(F)c2F)n1. The molecule has 0 saturated heterocycles. The first-order valence-electron chi connectivity index (χ1n) is 5.77. The zero-order valence-corrected chi connectivity index (χ0v) is 10.4. The molecule has 2 aromatic rings. The van der Waals surface area contributed by atoms with Crippen molar-refractivity contribution in [2.24, 2.45) is 0 Å². The third-order valence-electron chi connectivity index (χ3n) is 2.46. The van der Waals surface area contributed by atoms with Gasteiger partial charge in [-0.3, -0.25) is 0 Å². The molecule has 0 aliphatic heterocycles. The fraction of sp³-hybridized carbons (Fsp3) is 0.231. The van der Waals surface area contributed by atoms with Crippen LogP contribution in [-0.4, -0.2) is 16.6 Å². The highest BCUT2D eigenvalue weighted by Gasteiger charge is 2.12. The van der Waals surface area contributed by atoms with Gasteiger partial charge < -0.3 is 10.5 Å². The van der Waals surface area contributed by atoms with E-state index < -0.39 is 11.6 Å². The Hall–Kier alpha value is -2.08. The molecule has 19 heavy (non-hydrogen) atoms. The van der Waals surface area contributed by atoms with Crippen LogP contribution in [0.15, 0.2) is 24.3 Å². The molecular formula is C13H13F2N3O. The molecule has 1 aromatic heterocycles. The van der Waals surface area contributed by atoms with Gasteiger partial charge in [0.2, 0.25) is 0 Å². The first-order chi connectivity index (χ1) is 9.11. The summed E-state index contributed by atoms with van der Waals surface area (Å²) in [5.74, 6) is -1.37. The van der Waals surface area contributed by atoms with Crippen molar-refractivity contribution in [2.75, 3.05) is 12.3 Å². The fourth-order valence-electron chi connectivity index (χ4n) is 1.62. The van der Waals surface area contributed by atoms with E-state index in [0.29, 0.717) is 12.4 Å². The summed E-state index contributed by atoms with van der Waals surface area (Å²) < 4.78 is 32.1. The van der Waals surface area contributed by atoms with E-state index in [0.717, 1.165) is 6.07 Å². The van der Waals surface area contributed by atoms with E-state index in [2.05, 4.69) is 9.97 Å². The van der Waals surface area contributed by atoms with Crippen LogP contribution < -0.4 is 5.73 Å². The Morgan fingerprint density at radius 2 is 2.05 bits per heavy atom. The van der Waals surface area contributed by atoms with Crippen LogP contribution in [0.4, 0.5) is 14.6 Å². The minimum atomic E-state index is -0.956. The van der Waals surface area contributed by atoms with E-state index in [1.54, 1.807) is 0 Å². The van der Waals surface area contributed by atoms with Gasteiger partial charge in [0.25, 0.3) is 0 Å². The molecule has 1 heterocycles. The number of hydrogen-bond donors (Lipinski definition) is 1. The maximum atomic E-state index is 13.7. The normalized spacial score (nSPS) is 10.7. The van der Waals surface area contributed by atoms with Crippen molar-refractivity contribution in [1.82, 2.24) is 9.97 Å². The molecular weight excluding hydrogens is 252 g/mol. The predicted molar refractivity (Wildman–Crippen MR) is 67.1 cm³/mol. The molecule has 6 heteroatoms. The maximum absolute atomic E-state index is 13.7. The van der Waals surface area contributed by atoms with Crippen molar-refractivity contribution in [2.45, 2.75) is 13.5 Å². The number of nitrogens with zero attached hydrogens (tertiary/aromatic N) is 2. The number of halogens is 2. The molecule has 1 aromatic carbocycles. The summed E-state index contributed by atoms with van der Waals surface area (Å²) in [5, 5.41) is 0. The molecule has 4 nitrogen and oxygen atoms in total. The van der Waals surface area contributed by atoms with Gasteiger partial charge in [-0.2, -0.15) is 0 Å². The highest BCUT2D eigenvalue weighted by molar-refractivity contribution is 5.62. The molecule has 0 fully saturated rings. The van der Waals surface area contributed by atoms with Crippen LogP contribution in [0.1, 0.15) is 12.7 Å². The molecule has 0 aliphatic carbocycles. The molecule has 0 amide bonds. The quantitative estimate of drug-likeness (QED) is 0.922. The summed E-state index contributed by atoms with van der Waals surface area (Å²) in [6.07, 6.45) is 0. The summed E-state index contributed by atoms with van der Waals surface area (Å²) in [4.78, 5) is 8.09. The van der Waals surface area contributed by atoms with Crippen molar-refractivity contribution >= 4 is 5.82 Å². The van der Waals surface area contributed by atoms with Crippen molar-refractivity contribution in [1.29, 1.82) is 0 Å². The molecule has 0 radical (unpaired) electrons. The number of aromatic nitrogens is 2. The average molecular weight is 265 g/mol. The van der Waals surface area contributed by atoms with Gasteiger partial charge >= 0.3 is 0 Å². The van der Waals surface area contributed by atoms with E-state index >= 15 is 0 Å². The van der Waals surface area contributed by atoms with E-state index in [9.17, 15) is 8.78 Å². The molecule has 0 spiro atoms. The van der Waals surface area contributed by atoms with Crippen molar-refractivity contribution < 1.29 is 13.5 Å². The topological polar surface area (TPSA) is 61.0 Å². The van der Waals surface area contributed by atoms with Gasteiger partial charge in [-0.25, -0.2) is 18.7 Å². The lowest BCUT2D eigenvalue weighted by atomic mass is 10.1. The Morgan fingerprint density at radius 1 is 1.26 bits per heavy atom. The minimum absolute atomic E-state index is 0.0480. The Bertz CT molecular complexity index is 590. The van der Waals surface area contributed by atoms with E-state index in [1.165, 1.54) is 18.2 Å². The standard InChI is InChI=1S/C13H13F2N3O/c1-2-19-7-12-17-10(6-11(16)18-12)8-4-3-5-9(14)13(8)15/h3-6H,2,7H2,1H3,(H2,16,17,18). The van der Waals surface area contributed by atoms with Crippen molar-refractivity contribution in [3.63, 3.8) is 0 Å². The maximum Gasteiger partial charge on any atom is 0.168 e. The van der Waals surface area contributed by atoms with Crippen LogP contribution in [-0.2, 0) is 11.3 Å². The van der Waals surface area contributed by atoms with E-state index in [4.69, 9.17) is 10.5 Å². The van der Waals surface area contributed by atoms with Crippen molar-refractivity contribution in [3.05, 3.63) is 41.7 Å². The van der Waals surface area contributed by atoms with Gasteiger partial charge in [0, 0.05) is 18.2 Å². The van der Waals surface area contributed by atoms with Gasteiger partial charge in [0.05, 0.1) is 5.69 Å². The summed E-state index contributed by atoms with van der Waals surface area (Å²) in [7, 11) is 0. The second kappa shape index (κ2) is 5.71. The molecule has 0 saturated carbocycles. The average Bonchev–Trinajstić information content (AvgIpc) is 2.39. The van der Waals surface area contributed by atoms with Crippen LogP contribution in [0.2, 0.25) is 0 Å². The van der Waals surface area contributed by atoms with Crippen LogP contribution in [0.5, 0.6) is 0 Å². The number of nitrogens with two attached hydrogens (primary N) is 1. The smallest absolute Gasteiger partial charge is 0.168 e.